The third-order valence-corrected chi connectivity index (χ3v) is 8.88. The van der Waals surface area contributed by atoms with Gasteiger partial charge in [0.05, 0.1) is 41.7 Å². The molecule has 2 aromatic carbocycles. The molecule has 1 aliphatic carbocycles. The zero-order valence-electron chi connectivity index (χ0n) is 23.5. The third-order valence-electron chi connectivity index (χ3n) is 8.65. The number of ether oxygens (including phenoxy) is 1. The van der Waals surface area contributed by atoms with Crippen LogP contribution in [0.4, 0.5) is 4.39 Å². The normalized spacial score (nSPS) is 19.6. The van der Waals surface area contributed by atoms with E-state index in [1.807, 2.05) is 24.7 Å². The van der Waals surface area contributed by atoms with E-state index in [-0.39, 0.29) is 12.2 Å². The molecule has 5 aromatic rings. The number of piperidine rings is 1. The maximum atomic E-state index is 14.2. The summed E-state index contributed by atoms with van der Waals surface area (Å²) in [5.41, 5.74) is 4.31. The number of pyridine rings is 1. The van der Waals surface area contributed by atoms with Gasteiger partial charge >= 0.3 is 5.97 Å². The van der Waals surface area contributed by atoms with Gasteiger partial charge in [-0.25, -0.2) is 24.1 Å². The average Bonchev–Trinajstić information content (AvgIpc) is 3.33. The van der Waals surface area contributed by atoms with Crippen molar-refractivity contribution in [2.75, 3.05) is 13.1 Å². The van der Waals surface area contributed by atoms with Gasteiger partial charge in [0.15, 0.2) is 0 Å². The summed E-state index contributed by atoms with van der Waals surface area (Å²) in [5.74, 6) is 1.39. The summed E-state index contributed by atoms with van der Waals surface area (Å²) < 4.78 is 24.2. The number of carbonyl (C=O) groups is 1. The number of hydrogen-bond acceptors (Lipinski definition) is 6. The fourth-order valence-corrected chi connectivity index (χ4v) is 6.56. The Labute approximate surface area is 252 Å². The number of hydrogen-bond donors (Lipinski definition) is 1. The molecular formula is C32H30ClFN6O3. The lowest BCUT2D eigenvalue weighted by atomic mass is 10.1. The summed E-state index contributed by atoms with van der Waals surface area (Å²) in [6.07, 6.45) is 3.67. The highest BCUT2D eigenvalue weighted by atomic mass is 35.5. The number of carboxylic acid groups (broad SMARTS) is 1. The van der Waals surface area contributed by atoms with Crippen LogP contribution in [0.1, 0.15) is 46.0 Å². The molecule has 4 heterocycles. The summed E-state index contributed by atoms with van der Waals surface area (Å²) in [7, 11) is 0. The van der Waals surface area contributed by atoms with Crippen LogP contribution < -0.4 is 4.74 Å². The molecular weight excluding hydrogens is 571 g/mol. The third kappa shape index (κ3) is 5.36. The first-order valence-corrected chi connectivity index (χ1v) is 14.7. The van der Waals surface area contributed by atoms with Gasteiger partial charge in [-0.1, -0.05) is 23.7 Å². The van der Waals surface area contributed by atoms with Crippen molar-refractivity contribution in [3.8, 4) is 5.88 Å². The second-order valence-electron chi connectivity index (χ2n) is 11.3. The number of aromatic nitrogens is 5. The van der Waals surface area contributed by atoms with E-state index in [4.69, 9.17) is 26.3 Å². The molecule has 3 aromatic heterocycles. The van der Waals surface area contributed by atoms with Crippen LogP contribution in [-0.2, 0) is 26.2 Å². The minimum absolute atomic E-state index is 0.0821. The number of nitrogens with zero attached hydrogens (tertiary/aromatic N) is 6. The highest BCUT2D eigenvalue weighted by Gasteiger charge is 2.57. The summed E-state index contributed by atoms with van der Waals surface area (Å²) in [4.78, 5) is 28.1. The van der Waals surface area contributed by atoms with E-state index >= 15 is 0 Å². The quantitative estimate of drug-likeness (QED) is 0.222. The lowest BCUT2D eigenvalue weighted by Gasteiger charge is -2.20. The van der Waals surface area contributed by atoms with Gasteiger partial charge in [0.1, 0.15) is 18.2 Å². The number of benzene rings is 2. The second kappa shape index (κ2) is 11.1. The molecule has 2 aliphatic rings. The molecule has 0 spiro atoms. The summed E-state index contributed by atoms with van der Waals surface area (Å²) >= 11 is 5.86. The van der Waals surface area contributed by atoms with Crippen molar-refractivity contribution in [3.63, 3.8) is 0 Å². The minimum atomic E-state index is -0.958. The average molecular weight is 601 g/mol. The van der Waals surface area contributed by atoms with Gasteiger partial charge < -0.3 is 19.0 Å². The zero-order valence-corrected chi connectivity index (χ0v) is 24.3. The Hall–Kier alpha value is -4.28. The Morgan fingerprint density at radius 3 is 2.70 bits per heavy atom. The van der Waals surface area contributed by atoms with E-state index in [1.54, 1.807) is 36.4 Å². The zero-order chi connectivity index (χ0) is 29.7. The minimum Gasteiger partial charge on any atom is -0.478 e. The number of aromatic carboxylic acids is 1. The largest absolute Gasteiger partial charge is 0.478 e. The Balaban J connectivity index is 1.05. The predicted molar refractivity (Wildman–Crippen MR) is 159 cm³/mol. The van der Waals surface area contributed by atoms with Crippen LogP contribution in [0.25, 0.3) is 11.0 Å². The SMILES string of the molecule is CCn1cncc1Cn1c(CN2C[C@@H]3[C@H](C2)[C@H]3c2cccc(OCc3ccc(Cl)cc3F)n2)nc2ccc(C(=O)O)cc21. The number of likely N-dealkylation sites (tertiary alicyclic amines) is 1. The first kappa shape index (κ1) is 27.5. The monoisotopic (exact) mass is 600 g/mol. The van der Waals surface area contributed by atoms with E-state index < -0.39 is 11.8 Å². The van der Waals surface area contributed by atoms with E-state index in [0.29, 0.717) is 47.3 Å². The predicted octanol–water partition coefficient (Wildman–Crippen LogP) is 5.61. The van der Waals surface area contributed by atoms with Crippen LogP contribution in [0, 0.1) is 17.7 Å². The molecule has 3 atom stereocenters. The molecule has 1 N–H and O–H groups in total. The molecule has 0 amide bonds. The summed E-state index contributed by atoms with van der Waals surface area (Å²) in [6.45, 7) is 6.03. The topological polar surface area (TPSA) is 98.3 Å². The van der Waals surface area contributed by atoms with Gasteiger partial charge in [-0.05, 0) is 55.2 Å². The molecule has 2 fully saturated rings. The van der Waals surface area contributed by atoms with Crippen molar-refractivity contribution in [2.24, 2.45) is 11.8 Å². The molecule has 43 heavy (non-hydrogen) atoms. The smallest absolute Gasteiger partial charge is 0.335 e. The van der Waals surface area contributed by atoms with Crippen LogP contribution in [0.5, 0.6) is 5.88 Å². The van der Waals surface area contributed by atoms with Gasteiger partial charge in [0.2, 0.25) is 5.88 Å². The Bertz CT molecular complexity index is 1830. The van der Waals surface area contributed by atoms with E-state index in [0.717, 1.165) is 47.9 Å². The number of carboxylic acids is 1. The fraction of sp³-hybridized carbons (Fsp3) is 0.312. The van der Waals surface area contributed by atoms with Crippen LogP contribution >= 0.6 is 11.6 Å². The van der Waals surface area contributed by atoms with Crippen molar-refractivity contribution < 1.29 is 19.0 Å². The van der Waals surface area contributed by atoms with Crippen molar-refractivity contribution in [1.82, 2.24) is 29.0 Å². The number of fused-ring (bicyclic) bond motifs is 2. The molecule has 1 saturated carbocycles. The molecule has 0 unspecified atom stereocenters. The number of imidazole rings is 2. The molecule has 220 valence electrons. The van der Waals surface area contributed by atoms with Crippen LogP contribution in [-0.4, -0.2) is 53.2 Å². The van der Waals surface area contributed by atoms with Crippen molar-refractivity contribution in [2.45, 2.75) is 39.1 Å². The van der Waals surface area contributed by atoms with E-state index in [2.05, 4.69) is 25.9 Å². The first-order valence-electron chi connectivity index (χ1n) is 14.4. The fourth-order valence-electron chi connectivity index (χ4n) is 6.40. The highest BCUT2D eigenvalue weighted by molar-refractivity contribution is 6.30. The van der Waals surface area contributed by atoms with Crippen LogP contribution in [0.15, 0.2) is 67.1 Å². The second-order valence-corrected chi connectivity index (χ2v) is 11.7. The maximum Gasteiger partial charge on any atom is 0.335 e. The van der Waals surface area contributed by atoms with Crippen molar-refractivity contribution in [1.29, 1.82) is 0 Å². The lowest BCUT2D eigenvalue weighted by molar-refractivity contribution is 0.0697. The van der Waals surface area contributed by atoms with E-state index in [9.17, 15) is 14.3 Å². The summed E-state index contributed by atoms with van der Waals surface area (Å²) in [6, 6.07) is 15.4. The lowest BCUT2D eigenvalue weighted by Crippen LogP contribution is -2.26. The van der Waals surface area contributed by atoms with Crippen LogP contribution in [0.3, 0.4) is 0 Å². The number of rotatable bonds is 10. The Kier molecular flexibility index (Phi) is 7.10. The molecule has 0 radical (unpaired) electrons. The van der Waals surface area contributed by atoms with Gasteiger partial charge in [0.25, 0.3) is 0 Å². The molecule has 11 heteroatoms. The Morgan fingerprint density at radius 1 is 1.09 bits per heavy atom. The standard InChI is InChI=1S/C32H30ClFN6O3/c1-2-39-18-35-12-22(39)13-40-28-10-19(32(41)42)7-9-26(28)36-29(40)16-38-14-23-24(15-38)31(23)27-4-3-5-30(37-27)43-17-20-6-8-21(33)11-25(20)34/h3-12,18,23-24,31H,2,13-17H2,1H3,(H,41,42)/t23-,24+,31+. The van der Waals surface area contributed by atoms with Gasteiger partial charge in [-0.3, -0.25) is 4.90 Å². The van der Waals surface area contributed by atoms with Crippen molar-refractivity contribution >= 4 is 28.6 Å². The van der Waals surface area contributed by atoms with Gasteiger partial charge in [0, 0.05) is 54.1 Å². The van der Waals surface area contributed by atoms with Crippen molar-refractivity contribution in [3.05, 3.63) is 106 Å². The number of halogens is 2. The Morgan fingerprint density at radius 2 is 1.93 bits per heavy atom. The highest BCUT2D eigenvalue weighted by Crippen LogP contribution is 2.58. The van der Waals surface area contributed by atoms with Gasteiger partial charge in [-0.2, -0.15) is 0 Å². The first-order chi connectivity index (χ1) is 20.9. The number of aryl methyl sites for hydroxylation is 1. The van der Waals surface area contributed by atoms with Gasteiger partial charge in [-0.15, -0.1) is 0 Å². The molecule has 0 bridgehead atoms. The molecule has 7 rings (SSSR count). The molecule has 1 saturated heterocycles. The molecule has 1 aliphatic heterocycles. The summed E-state index contributed by atoms with van der Waals surface area (Å²) in [5, 5.41) is 9.95. The van der Waals surface area contributed by atoms with Crippen LogP contribution in [0.2, 0.25) is 5.02 Å². The van der Waals surface area contributed by atoms with E-state index in [1.165, 1.54) is 6.07 Å². The molecule has 9 nitrogen and oxygen atoms in total. The maximum absolute atomic E-state index is 14.2.